The van der Waals surface area contributed by atoms with Gasteiger partial charge in [0.2, 0.25) is 5.91 Å². The quantitative estimate of drug-likeness (QED) is 0.632. The van der Waals surface area contributed by atoms with E-state index in [1.807, 2.05) is 0 Å². The Kier molecular flexibility index (Phi) is 3.38. The average Bonchev–Trinajstić information content (AvgIpc) is 2.18. The lowest BCUT2D eigenvalue weighted by Gasteiger charge is -2.34. The first-order chi connectivity index (χ1) is 6.90. The molecule has 4 heteroatoms. The van der Waals surface area contributed by atoms with Gasteiger partial charge in [0.1, 0.15) is 0 Å². The SMILES string of the molecule is C#CC(C)(C)NC(=O)C1(N)CCOCC1. The average molecular weight is 210 g/mol. The third-order valence-electron chi connectivity index (χ3n) is 2.62. The molecule has 0 aromatic heterocycles. The number of nitrogens with two attached hydrogens (primary N) is 1. The lowest BCUT2D eigenvalue weighted by Crippen LogP contribution is -2.60. The summed E-state index contributed by atoms with van der Waals surface area (Å²) in [5.74, 6) is 2.32. The smallest absolute Gasteiger partial charge is 0.241 e. The van der Waals surface area contributed by atoms with E-state index >= 15 is 0 Å². The maximum absolute atomic E-state index is 11.9. The van der Waals surface area contributed by atoms with E-state index < -0.39 is 11.1 Å². The van der Waals surface area contributed by atoms with Crippen molar-refractivity contribution in [3.8, 4) is 12.3 Å². The van der Waals surface area contributed by atoms with Gasteiger partial charge in [-0.1, -0.05) is 5.92 Å². The minimum absolute atomic E-state index is 0.186. The molecule has 1 saturated heterocycles. The maximum Gasteiger partial charge on any atom is 0.241 e. The van der Waals surface area contributed by atoms with Gasteiger partial charge in [0, 0.05) is 13.2 Å². The molecule has 1 aliphatic heterocycles. The van der Waals surface area contributed by atoms with Crippen molar-refractivity contribution >= 4 is 5.91 Å². The van der Waals surface area contributed by atoms with Crippen molar-refractivity contribution in [2.24, 2.45) is 5.73 Å². The van der Waals surface area contributed by atoms with E-state index in [1.165, 1.54) is 0 Å². The van der Waals surface area contributed by atoms with Crippen LogP contribution in [0.15, 0.2) is 0 Å². The van der Waals surface area contributed by atoms with Crippen LogP contribution >= 0.6 is 0 Å². The summed E-state index contributed by atoms with van der Waals surface area (Å²) in [5, 5.41) is 2.76. The topological polar surface area (TPSA) is 64.4 Å². The predicted molar refractivity (Wildman–Crippen MR) is 58.0 cm³/mol. The maximum atomic E-state index is 11.9. The Bertz CT molecular complexity index is 285. The highest BCUT2D eigenvalue weighted by Gasteiger charge is 2.37. The number of nitrogens with one attached hydrogen (secondary N) is 1. The number of hydrogen-bond donors (Lipinski definition) is 2. The highest BCUT2D eigenvalue weighted by molar-refractivity contribution is 5.87. The monoisotopic (exact) mass is 210 g/mol. The van der Waals surface area contributed by atoms with Crippen molar-refractivity contribution in [2.75, 3.05) is 13.2 Å². The summed E-state index contributed by atoms with van der Waals surface area (Å²) in [6.07, 6.45) is 6.38. The van der Waals surface area contributed by atoms with Gasteiger partial charge < -0.3 is 15.8 Å². The normalized spacial score (nSPS) is 20.4. The van der Waals surface area contributed by atoms with E-state index in [-0.39, 0.29) is 5.91 Å². The molecular weight excluding hydrogens is 192 g/mol. The number of ether oxygens (including phenoxy) is 1. The fraction of sp³-hybridized carbons (Fsp3) is 0.727. The molecule has 1 fully saturated rings. The lowest BCUT2D eigenvalue weighted by molar-refractivity contribution is -0.130. The fourth-order valence-corrected chi connectivity index (χ4v) is 1.41. The minimum atomic E-state index is -0.827. The number of terminal acetylenes is 1. The van der Waals surface area contributed by atoms with Crippen molar-refractivity contribution in [2.45, 2.75) is 37.8 Å². The van der Waals surface area contributed by atoms with E-state index in [9.17, 15) is 4.79 Å². The second kappa shape index (κ2) is 4.21. The number of hydrogen-bond acceptors (Lipinski definition) is 3. The highest BCUT2D eigenvalue weighted by atomic mass is 16.5. The zero-order valence-corrected chi connectivity index (χ0v) is 9.30. The molecule has 0 unspecified atom stereocenters. The van der Waals surface area contributed by atoms with Gasteiger partial charge in [-0.2, -0.15) is 0 Å². The van der Waals surface area contributed by atoms with Crippen LogP contribution in [0.1, 0.15) is 26.7 Å². The fourth-order valence-electron chi connectivity index (χ4n) is 1.41. The lowest BCUT2D eigenvalue weighted by atomic mass is 9.89. The van der Waals surface area contributed by atoms with Crippen LogP contribution in [-0.4, -0.2) is 30.2 Å². The number of rotatable bonds is 2. The van der Waals surface area contributed by atoms with Crippen LogP contribution in [0.25, 0.3) is 0 Å². The molecule has 0 radical (unpaired) electrons. The van der Waals surface area contributed by atoms with Crippen LogP contribution in [0.4, 0.5) is 0 Å². The highest BCUT2D eigenvalue weighted by Crippen LogP contribution is 2.18. The molecule has 0 aliphatic carbocycles. The molecule has 1 rings (SSSR count). The van der Waals surface area contributed by atoms with Crippen LogP contribution in [0.3, 0.4) is 0 Å². The molecule has 84 valence electrons. The Balaban J connectivity index is 2.64. The molecular formula is C11H18N2O2. The zero-order valence-electron chi connectivity index (χ0n) is 9.30. The van der Waals surface area contributed by atoms with Crippen molar-refractivity contribution in [1.29, 1.82) is 0 Å². The molecule has 4 nitrogen and oxygen atoms in total. The van der Waals surface area contributed by atoms with E-state index in [0.717, 1.165) is 0 Å². The molecule has 0 aromatic carbocycles. The van der Waals surface area contributed by atoms with Crippen molar-refractivity contribution in [3.63, 3.8) is 0 Å². The Morgan fingerprint density at radius 2 is 2.07 bits per heavy atom. The first-order valence-electron chi connectivity index (χ1n) is 5.07. The third kappa shape index (κ3) is 2.95. The summed E-state index contributed by atoms with van der Waals surface area (Å²) >= 11 is 0. The van der Waals surface area contributed by atoms with Crippen LogP contribution in [-0.2, 0) is 9.53 Å². The first kappa shape index (κ1) is 12.0. The largest absolute Gasteiger partial charge is 0.381 e. The predicted octanol–water partition coefficient (Wildman–Crippen LogP) is 0.0223. The summed E-state index contributed by atoms with van der Waals surface area (Å²) in [5.41, 5.74) is 4.53. The Morgan fingerprint density at radius 1 is 1.53 bits per heavy atom. The molecule has 1 aliphatic rings. The van der Waals surface area contributed by atoms with E-state index in [2.05, 4.69) is 11.2 Å². The molecule has 1 amide bonds. The van der Waals surface area contributed by atoms with Gasteiger partial charge in [0.05, 0.1) is 11.1 Å². The second-order valence-corrected chi connectivity index (χ2v) is 4.49. The molecule has 3 N–H and O–H groups in total. The van der Waals surface area contributed by atoms with Crippen LogP contribution < -0.4 is 11.1 Å². The second-order valence-electron chi connectivity index (χ2n) is 4.49. The minimum Gasteiger partial charge on any atom is -0.381 e. The van der Waals surface area contributed by atoms with Crippen LogP contribution in [0, 0.1) is 12.3 Å². The summed E-state index contributed by atoms with van der Waals surface area (Å²) < 4.78 is 5.17. The number of amides is 1. The molecule has 0 spiro atoms. The number of carbonyl (C=O) groups excluding carboxylic acids is 1. The molecule has 15 heavy (non-hydrogen) atoms. The Hall–Kier alpha value is -1.05. The number of carbonyl (C=O) groups is 1. The molecule has 0 aromatic rings. The van der Waals surface area contributed by atoms with Crippen molar-refractivity contribution < 1.29 is 9.53 Å². The van der Waals surface area contributed by atoms with Gasteiger partial charge in [-0.15, -0.1) is 6.42 Å². The van der Waals surface area contributed by atoms with Crippen molar-refractivity contribution in [1.82, 2.24) is 5.32 Å². The van der Waals surface area contributed by atoms with Crippen LogP contribution in [0.2, 0.25) is 0 Å². The van der Waals surface area contributed by atoms with Gasteiger partial charge in [-0.25, -0.2) is 0 Å². The van der Waals surface area contributed by atoms with E-state index in [4.69, 9.17) is 16.9 Å². The van der Waals surface area contributed by atoms with Crippen LogP contribution in [0.5, 0.6) is 0 Å². The summed E-state index contributed by atoms with van der Waals surface area (Å²) in [6, 6.07) is 0. The Morgan fingerprint density at radius 3 is 2.53 bits per heavy atom. The molecule has 1 heterocycles. The standard InChI is InChI=1S/C11H18N2O2/c1-4-10(2,3)13-9(14)11(12)5-7-15-8-6-11/h1H,5-8,12H2,2-3H3,(H,13,14). The molecule has 0 saturated carbocycles. The summed E-state index contributed by atoms with van der Waals surface area (Å²) in [6.45, 7) is 4.60. The zero-order chi connectivity index (χ0) is 11.5. The summed E-state index contributed by atoms with van der Waals surface area (Å²) in [7, 11) is 0. The van der Waals surface area contributed by atoms with E-state index in [0.29, 0.717) is 26.1 Å². The van der Waals surface area contributed by atoms with Crippen molar-refractivity contribution in [3.05, 3.63) is 0 Å². The Labute approximate surface area is 90.5 Å². The van der Waals surface area contributed by atoms with Gasteiger partial charge >= 0.3 is 0 Å². The van der Waals surface area contributed by atoms with Gasteiger partial charge in [0.15, 0.2) is 0 Å². The van der Waals surface area contributed by atoms with Gasteiger partial charge in [-0.3, -0.25) is 4.79 Å². The van der Waals surface area contributed by atoms with Gasteiger partial charge in [0.25, 0.3) is 0 Å². The third-order valence-corrected chi connectivity index (χ3v) is 2.62. The molecule has 0 bridgehead atoms. The first-order valence-corrected chi connectivity index (χ1v) is 5.07. The van der Waals surface area contributed by atoms with Gasteiger partial charge in [-0.05, 0) is 26.7 Å². The summed E-state index contributed by atoms with van der Waals surface area (Å²) in [4.78, 5) is 11.9. The van der Waals surface area contributed by atoms with E-state index in [1.54, 1.807) is 13.8 Å². The molecule has 0 atom stereocenters.